The van der Waals surface area contributed by atoms with Crippen molar-refractivity contribution >= 4 is 23.2 Å². The number of rotatable bonds is 1. The minimum absolute atomic E-state index is 0.0608. The van der Waals surface area contributed by atoms with E-state index in [1.807, 2.05) is 35.9 Å². The lowest BCUT2D eigenvalue weighted by Gasteiger charge is -2.34. The van der Waals surface area contributed by atoms with Gasteiger partial charge >= 0.3 is 0 Å². The van der Waals surface area contributed by atoms with Crippen molar-refractivity contribution in [3.8, 4) is 5.69 Å². The van der Waals surface area contributed by atoms with Crippen molar-refractivity contribution in [3.05, 3.63) is 51.3 Å². The van der Waals surface area contributed by atoms with Gasteiger partial charge in [0.05, 0.1) is 21.8 Å². The summed E-state index contributed by atoms with van der Waals surface area (Å²) in [6.45, 7) is 6.32. The van der Waals surface area contributed by atoms with Gasteiger partial charge < -0.3 is 9.67 Å². The highest BCUT2D eigenvalue weighted by Gasteiger charge is 2.34. The lowest BCUT2D eigenvalue weighted by Crippen LogP contribution is -2.26. The maximum Gasteiger partial charge on any atom is 0.0830 e. The molecule has 1 N–H and O–H groups in total. The minimum atomic E-state index is -0.424. The zero-order chi connectivity index (χ0) is 15.4. The van der Waals surface area contributed by atoms with Crippen molar-refractivity contribution in [1.82, 2.24) is 4.57 Å². The standard InChI is InChI=1S/C17H19Cl2NO/c1-10-4-5-12(18)16(15(10)19)20-7-6-11-13(20)8-17(2,3)9-14(11)21/h4-7,14,21H,8-9H2,1-3H3. The first-order valence-corrected chi connectivity index (χ1v) is 7.89. The molecule has 0 aliphatic heterocycles. The molecular weight excluding hydrogens is 305 g/mol. The third kappa shape index (κ3) is 2.50. The van der Waals surface area contributed by atoms with Crippen LogP contribution in [0, 0.1) is 12.3 Å². The number of aromatic nitrogens is 1. The number of aryl methyl sites for hydroxylation is 1. The van der Waals surface area contributed by atoms with Gasteiger partial charge in [-0.2, -0.15) is 0 Å². The maximum absolute atomic E-state index is 10.4. The molecule has 112 valence electrons. The predicted molar refractivity (Wildman–Crippen MR) is 87.6 cm³/mol. The summed E-state index contributed by atoms with van der Waals surface area (Å²) in [6.07, 6.45) is 3.21. The zero-order valence-electron chi connectivity index (χ0n) is 12.5. The first-order chi connectivity index (χ1) is 9.80. The monoisotopic (exact) mass is 323 g/mol. The summed E-state index contributed by atoms with van der Waals surface area (Å²) in [4.78, 5) is 0. The van der Waals surface area contributed by atoms with Gasteiger partial charge in [-0.15, -0.1) is 0 Å². The predicted octanol–water partition coefficient (Wildman–Crippen LogP) is 5.10. The Labute approximate surface area is 135 Å². The number of aliphatic hydroxyl groups is 1. The molecule has 1 aromatic heterocycles. The number of aliphatic hydroxyl groups excluding tert-OH is 1. The third-order valence-electron chi connectivity index (χ3n) is 4.28. The number of fused-ring (bicyclic) bond motifs is 1. The molecule has 1 unspecified atom stereocenters. The van der Waals surface area contributed by atoms with Crippen LogP contribution in [0.4, 0.5) is 0 Å². The van der Waals surface area contributed by atoms with E-state index in [-0.39, 0.29) is 5.41 Å². The summed E-state index contributed by atoms with van der Waals surface area (Å²) in [5.74, 6) is 0. The van der Waals surface area contributed by atoms with Gasteiger partial charge in [0.1, 0.15) is 0 Å². The molecule has 0 radical (unpaired) electrons. The van der Waals surface area contributed by atoms with E-state index < -0.39 is 6.10 Å². The van der Waals surface area contributed by atoms with E-state index in [0.29, 0.717) is 10.0 Å². The fourth-order valence-electron chi connectivity index (χ4n) is 3.20. The van der Waals surface area contributed by atoms with Crippen molar-refractivity contribution in [2.75, 3.05) is 0 Å². The minimum Gasteiger partial charge on any atom is -0.388 e. The van der Waals surface area contributed by atoms with Gasteiger partial charge in [0.15, 0.2) is 0 Å². The number of hydrogen-bond donors (Lipinski definition) is 1. The normalized spacial score (nSPS) is 20.4. The quantitative estimate of drug-likeness (QED) is 0.776. The number of nitrogens with zero attached hydrogens (tertiary/aromatic N) is 1. The van der Waals surface area contributed by atoms with Crippen LogP contribution in [0.15, 0.2) is 24.4 Å². The summed E-state index contributed by atoms with van der Waals surface area (Å²) in [5, 5.41) is 11.7. The average Bonchev–Trinajstić information content (AvgIpc) is 2.77. The molecule has 2 aromatic rings. The molecule has 1 aliphatic carbocycles. The first-order valence-electron chi connectivity index (χ1n) is 7.13. The van der Waals surface area contributed by atoms with Gasteiger partial charge in [0.2, 0.25) is 0 Å². The molecule has 0 saturated carbocycles. The number of halogens is 2. The van der Waals surface area contributed by atoms with Crippen LogP contribution in [-0.4, -0.2) is 9.67 Å². The molecule has 0 amide bonds. The largest absolute Gasteiger partial charge is 0.388 e. The molecule has 0 spiro atoms. The second-order valence-corrected chi connectivity index (χ2v) is 7.46. The second kappa shape index (κ2) is 5.05. The van der Waals surface area contributed by atoms with Gasteiger partial charge in [0.25, 0.3) is 0 Å². The molecule has 2 nitrogen and oxygen atoms in total. The molecule has 1 aromatic carbocycles. The van der Waals surface area contributed by atoms with Crippen LogP contribution >= 0.6 is 23.2 Å². The summed E-state index contributed by atoms with van der Waals surface area (Å²) in [6, 6.07) is 5.77. The van der Waals surface area contributed by atoms with Crippen molar-refractivity contribution in [1.29, 1.82) is 0 Å². The Kier molecular flexibility index (Phi) is 3.59. The van der Waals surface area contributed by atoms with Crippen LogP contribution in [0.2, 0.25) is 10.0 Å². The van der Waals surface area contributed by atoms with Gasteiger partial charge in [-0.25, -0.2) is 0 Å². The summed E-state index contributed by atoms with van der Waals surface area (Å²) in [5.41, 5.74) is 3.96. The van der Waals surface area contributed by atoms with Crippen molar-refractivity contribution < 1.29 is 5.11 Å². The summed E-state index contributed by atoms with van der Waals surface area (Å²) < 4.78 is 2.04. The SMILES string of the molecule is Cc1ccc(Cl)c(-n2ccc3c2CC(C)(C)CC3O)c1Cl. The molecule has 1 atom stereocenters. The van der Waals surface area contributed by atoms with E-state index in [2.05, 4.69) is 13.8 Å². The molecule has 0 bridgehead atoms. The Hall–Kier alpha value is -0.960. The zero-order valence-corrected chi connectivity index (χ0v) is 14.0. The topological polar surface area (TPSA) is 25.2 Å². The van der Waals surface area contributed by atoms with E-state index in [0.717, 1.165) is 35.3 Å². The van der Waals surface area contributed by atoms with Gasteiger partial charge in [0, 0.05) is 17.5 Å². The highest BCUT2D eigenvalue weighted by Crippen LogP contribution is 2.43. The van der Waals surface area contributed by atoms with E-state index in [9.17, 15) is 5.11 Å². The van der Waals surface area contributed by atoms with Gasteiger partial charge in [-0.05, 0) is 42.9 Å². The fraction of sp³-hybridized carbons (Fsp3) is 0.412. The molecular formula is C17H19Cl2NO. The highest BCUT2D eigenvalue weighted by atomic mass is 35.5. The maximum atomic E-state index is 10.4. The molecule has 1 heterocycles. The molecule has 0 fully saturated rings. The molecule has 0 saturated heterocycles. The van der Waals surface area contributed by atoms with E-state index in [4.69, 9.17) is 23.2 Å². The third-order valence-corrected chi connectivity index (χ3v) is 5.06. The number of benzene rings is 1. The summed E-state index contributed by atoms with van der Waals surface area (Å²) >= 11 is 12.8. The van der Waals surface area contributed by atoms with Crippen LogP contribution in [0.25, 0.3) is 5.69 Å². The lowest BCUT2D eigenvalue weighted by atomic mass is 9.75. The van der Waals surface area contributed by atoms with Crippen LogP contribution in [0.3, 0.4) is 0 Å². The number of hydrogen-bond acceptors (Lipinski definition) is 1. The molecule has 3 rings (SSSR count). The van der Waals surface area contributed by atoms with Crippen LogP contribution in [-0.2, 0) is 6.42 Å². The Bertz CT molecular complexity index is 703. The Morgan fingerprint density at radius 2 is 1.95 bits per heavy atom. The fourth-order valence-corrected chi connectivity index (χ4v) is 3.75. The van der Waals surface area contributed by atoms with Crippen LogP contribution in [0.5, 0.6) is 0 Å². The molecule has 21 heavy (non-hydrogen) atoms. The molecule has 1 aliphatic rings. The highest BCUT2D eigenvalue weighted by molar-refractivity contribution is 6.38. The van der Waals surface area contributed by atoms with Crippen molar-refractivity contribution in [2.45, 2.75) is 39.7 Å². The van der Waals surface area contributed by atoms with E-state index in [1.54, 1.807) is 0 Å². The van der Waals surface area contributed by atoms with E-state index in [1.165, 1.54) is 0 Å². The summed E-state index contributed by atoms with van der Waals surface area (Å²) in [7, 11) is 0. The van der Waals surface area contributed by atoms with Crippen molar-refractivity contribution in [3.63, 3.8) is 0 Å². The van der Waals surface area contributed by atoms with Crippen molar-refractivity contribution in [2.24, 2.45) is 5.41 Å². The second-order valence-electron chi connectivity index (χ2n) is 6.68. The van der Waals surface area contributed by atoms with Gasteiger partial charge in [-0.1, -0.05) is 43.1 Å². The Balaban J connectivity index is 2.21. The van der Waals surface area contributed by atoms with Gasteiger partial charge in [-0.3, -0.25) is 0 Å². The van der Waals surface area contributed by atoms with E-state index >= 15 is 0 Å². The first kappa shape index (κ1) is 15.0. The smallest absolute Gasteiger partial charge is 0.0830 e. The van der Waals surface area contributed by atoms with Crippen LogP contribution < -0.4 is 0 Å². The Morgan fingerprint density at radius 3 is 2.67 bits per heavy atom. The average molecular weight is 324 g/mol. The molecule has 4 heteroatoms. The lowest BCUT2D eigenvalue weighted by molar-refractivity contribution is 0.0987. The Morgan fingerprint density at radius 1 is 1.24 bits per heavy atom. The van der Waals surface area contributed by atoms with Crippen LogP contribution in [0.1, 0.15) is 43.2 Å².